The van der Waals surface area contributed by atoms with E-state index in [1.807, 2.05) is 0 Å². The van der Waals surface area contributed by atoms with Crippen LogP contribution in [0.5, 0.6) is 0 Å². The summed E-state index contributed by atoms with van der Waals surface area (Å²) in [6.45, 7) is 5.18. The van der Waals surface area contributed by atoms with Gasteiger partial charge in [0.05, 0.1) is 0 Å². The van der Waals surface area contributed by atoms with Crippen LogP contribution >= 0.6 is 0 Å². The predicted molar refractivity (Wildman–Crippen MR) is 59.5 cm³/mol. The normalized spacial score (nSPS) is 22.5. The van der Waals surface area contributed by atoms with E-state index in [4.69, 9.17) is 5.73 Å². The minimum atomic E-state index is 0.297. The van der Waals surface area contributed by atoms with E-state index in [2.05, 4.69) is 28.6 Å². The molecule has 2 N–H and O–H groups in total. The molecule has 0 spiro atoms. The highest BCUT2D eigenvalue weighted by molar-refractivity contribution is 4.96. The Balaban J connectivity index is 2.05. The summed E-state index contributed by atoms with van der Waals surface area (Å²) >= 11 is 0. The smallest absolute Gasteiger partial charge is 0.150 e. The van der Waals surface area contributed by atoms with E-state index in [0.717, 1.165) is 37.5 Å². The number of aryl methyl sites for hydroxylation is 2. The first-order chi connectivity index (χ1) is 7.19. The molecule has 2 rings (SSSR count). The summed E-state index contributed by atoms with van der Waals surface area (Å²) in [7, 11) is 0. The van der Waals surface area contributed by atoms with Crippen LogP contribution in [0.4, 0.5) is 0 Å². The minimum Gasteiger partial charge on any atom is -0.328 e. The van der Waals surface area contributed by atoms with Crippen LogP contribution in [0.25, 0.3) is 0 Å². The molecule has 1 aliphatic heterocycles. The summed E-state index contributed by atoms with van der Waals surface area (Å²) < 4.78 is 2.08. The first-order valence-electron chi connectivity index (χ1n) is 5.87. The van der Waals surface area contributed by atoms with Crippen LogP contribution in [0, 0.1) is 5.92 Å². The van der Waals surface area contributed by atoms with Crippen molar-refractivity contribution in [2.24, 2.45) is 11.7 Å². The van der Waals surface area contributed by atoms with Gasteiger partial charge in [0.15, 0.2) is 5.82 Å². The van der Waals surface area contributed by atoms with Gasteiger partial charge in [-0.25, -0.2) is 9.67 Å². The summed E-state index contributed by atoms with van der Waals surface area (Å²) in [6, 6.07) is 0.297. The van der Waals surface area contributed by atoms with Crippen LogP contribution in [0.3, 0.4) is 0 Å². The van der Waals surface area contributed by atoms with Gasteiger partial charge in [-0.3, -0.25) is 0 Å². The molecule has 4 nitrogen and oxygen atoms in total. The zero-order valence-corrected chi connectivity index (χ0v) is 9.61. The number of fused-ring (bicyclic) bond motifs is 1. The average molecular weight is 208 g/mol. The Morgan fingerprint density at radius 3 is 3.07 bits per heavy atom. The van der Waals surface area contributed by atoms with Crippen molar-refractivity contribution in [1.29, 1.82) is 0 Å². The standard InChI is InChI=1S/C11H20N4/c1-3-10-13-11-5-4-9(6-8(2)12)7-15(11)14-10/h8-9H,3-7,12H2,1-2H3. The van der Waals surface area contributed by atoms with Gasteiger partial charge in [0.1, 0.15) is 5.82 Å². The van der Waals surface area contributed by atoms with Crippen molar-refractivity contribution in [3.8, 4) is 0 Å². The maximum Gasteiger partial charge on any atom is 0.150 e. The predicted octanol–water partition coefficient (Wildman–Crippen LogP) is 1.14. The molecular weight excluding hydrogens is 188 g/mol. The molecule has 1 aliphatic rings. The molecule has 0 aromatic carbocycles. The molecule has 2 unspecified atom stereocenters. The summed E-state index contributed by atoms with van der Waals surface area (Å²) in [5, 5.41) is 4.49. The molecule has 0 amide bonds. The lowest BCUT2D eigenvalue weighted by Crippen LogP contribution is -2.27. The van der Waals surface area contributed by atoms with Gasteiger partial charge in [0.2, 0.25) is 0 Å². The second kappa shape index (κ2) is 4.31. The van der Waals surface area contributed by atoms with Crippen LogP contribution in [-0.2, 0) is 19.4 Å². The van der Waals surface area contributed by atoms with Gasteiger partial charge in [0, 0.05) is 25.4 Å². The Kier molecular flexibility index (Phi) is 3.05. The molecule has 4 heteroatoms. The van der Waals surface area contributed by atoms with E-state index in [1.54, 1.807) is 0 Å². The first-order valence-corrected chi connectivity index (χ1v) is 5.87. The third kappa shape index (κ3) is 2.37. The fourth-order valence-electron chi connectivity index (χ4n) is 2.29. The van der Waals surface area contributed by atoms with Gasteiger partial charge in [-0.2, -0.15) is 5.10 Å². The fourth-order valence-corrected chi connectivity index (χ4v) is 2.29. The van der Waals surface area contributed by atoms with E-state index < -0.39 is 0 Å². The van der Waals surface area contributed by atoms with Gasteiger partial charge >= 0.3 is 0 Å². The topological polar surface area (TPSA) is 56.7 Å². The molecular formula is C11H20N4. The SMILES string of the molecule is CCc1nc2n(n1)CC(CC(C)N)CC2. The Bertz CT molecular complexity index is 329. The highest BCUT2D eigenvalue weighted by Gasteiger charge is 2.21. The van der Waals surface area contributed by atoms with Crippen molar-refractivity contribution in [2.75, 3.05) is 0 Å². The minimum absolute atomic E-state index is 0.297. The molecule has 0 fully saturated rings. The number of hydrogen-bond acceptors (Lipinski definition) is 3. The van der Waals surface area contributed by atoms with Crippen molar-refractivity contribution in [3.63, 3.8) is 0 Å². The largest absolute Gasteiger partial charge is 0.328 e. The molecule has 84 valence electrons. The van der Waals surface area contributed by atoms with Crippen molar-refractivity contribution >= 4 is 0 Å². The van der Waals surface area contributed by atoms with Crippen LogP contribution in [0.15, 0.2) is 0 Å². The van der Waals surface area contributed by atoms with Gasteiger partial charge in [0.25, 0.3) is 0 Å². The van der Waals surface area contributed by atoms with Gasteiger partial charge < -0.3 is 5.73 Å². The van der Waals surface area contributed by atoms with Crippen molar-refractivity contribution in [2.45, 2.75) is 52.1 Å². The van der Waals surface area contributed by atoms with E-state index in [1.165, 1.54) is 6.42 Å². The molecule has 0 saturated carbocycles. The number of nitrogens with two attached hydrogens (primary N) is 1. The molecule has 0 aliphatic carbocycles. The van der Waals surface area contributed by atoms with Crippen LogP contribution in [-0.4, -0.2) is 20.8 Å². The fraction of sp³-hybridized carbons (Fsp3) is 0.818. The van der Waals surface area contributed by atoms with E-state index in [-0.39, 0.29) is 0 Å². The lowest BCUT2D eigenvalue weighted by Gasteiger charge is -2.23. The van der Waals surface area contributed by atoms with Crippen molar-refractivity contribution in [3.05, 3.63) is 11.6 Å². The molecule has 0 bridgehead atoms. The van der Waals surface area contributed by atoms with Crippen molar-refractivity contribution < 1.29 is 0 Å². The second-order valence-electron chi connectivity index (χ2n) is 4.60. The first kappa shape index (κ1) is 10.6. The highest BCUT2D eigenvalue weighted by Crippen LogP contribution is 2.21. The molecule has 0 radical (unpaired) electrons. The lowest BCUT2D eigenvalue weighted by molar-refractivity contribution is 0.309. The summed E-state index contributed by atoms with van der Waals surface area (Å²) in [6.07, 6.45) is 4.30. The summed E-state index contributed by atoms with van der Waals surface area (Å²) in [4.78, 5) is 4.50. The number of hydrogen-bond donors (Lipinski definition) is 1. The quantitative estimate of drug-likeness (QED) is 0.810. The molecule has 15 heavy (non-hydrogen) atoms. The second-order valence-corrected chi connectivity index (χ2v) is 4.60. The molecule has 1 aromatic rings. The third-order valence-corrected chi connectivity index (χ3v) is 3.02. The number of rotatable bonds is 3. The van der Waals surface area contributed by atoms with E-state index in [0.29, 0.717) is 12.0 Å². The maximum absolute atomic E-state index is 5.83. The van der Waals surface area contributed by atoms with Gasteiger partial charge in [-0.05, 0) is 25.7 Å². The summed E-state index contributed by atoms with van der Waals surface area (Å²) in [5.41, 5.74) is 5.83. The molecule has 2 heterocycles. The zero-order valence-electron chi connectivity index (χ0n) is 9.61. The highest BCUT2D eigenvalue weighted by atomic mass is 15.4. The Morgan fingerprint density at radius 2 is 2.40 bits per heavy atom. The average Bonchev–Trinajstić information content (AvgIpc) is 2.58. The van der Waals surface area contributed by atoms with E-state index in [9.17, 15) is 0 Å². The Hall–Kier alpha value is -0.900. The van der Waals surface area contributed by atoms with Crippen LogP contribution < -0.4 is 5.73 Å². The Labute approximate surface area is 90.9 Å². The number of aromatic nitrogens is 3. The van der Waals surface area contributed by atoms with Gasteiger partial charge in [-0.1, -0.05) is 6.92 Å². The van der Waals surface area contributed by atoms with Crippen LogP contribution in [0.2, 0.25) is 0 Å². The zero-order chi connectivity index (χ0) is 10.8. The molecule has 1 aromatic heterocycles. The summed E-state index contributed by atoms with van der Waals surface area (Å²) in [5.74, 6) is 2.82. The molecule has 0 saturated heterocycles. The number of nitrogens with zero attached hydrogens (tertiary/aromatic N) is 3. The lowest BCUT2D eigenvalue weighted by atomic mass is 9.93. The van der Waals surface area contributed by atoms with Crippen molar-refractivity contribution in [1.82, 2.24) is 14.8 Å². The third-order valence-electron chi connectivity index (χ3n) is 3.02. The monoisotopic (exact) mass is 208 g/mol. The van der Waals surface area contributed by atoms with E-state index >= 15 is 0 Å². The maximum atomic E-state index is 5.83. The van der Waals surface area contributed by atoms with Crippen LogP contribution in [0.1, 0.15) is 38.3 Å². The Morgan fingerprint density at radius 1 is 1.60 bits per heavy atom. The van der Waals surface area contributed by atoms with Gasteiger partial charge in [-0.15, -0.1) is 0 Å². The molecule has 2 atom stereocenters.